The Morgan fingerprint density at radius 1 is 1.10 bits per heavy atom. The molecule has 4 nitrogen and oxygen atoms in total. The summed E-state index contributed by atoms with van der Waals surface area (Å²) in [6, 6.07) is 18.1. The zero-order chi connectivity index (χ0) is 14.7. The number of benzene rings is 2. The molecule has 0 saturated carbocycles. The lowest BCUT2D eigenvalue weighted by Gasteiger charge is -2.21. The first kappa shape index (κ1) is 13.8. The van der Waals surface area contributed by atoms with Crippen LogP contribution in [0.4, 0.5) is 0 Å². The number of hydrogen-bond acceptors (Lipinski definition) is 4. The fourth-order valence-electron chi connectivity index (χ4n) is 2.35. The molecule has 1 saturated heterocycles. The van der Waals surface area contributed by atoms with Crippen molar-refractivity contribution in [1.82, 2.24) is 0 Å². The van der Waals surface area contributed by atoms with E-state index in [-0.39, 0.29) is 12.1 Å². The van der Waals surface area contributed by atoms with E-state index in [2.05, 4.69) is 0 Å². The van der Waals surface area contributed by atoms with Gasteiger partial charge in [-0.25, -0.2) is 0 Å². The van der Waals surface area contributed by atoms with Gasteiger partial charge < -0.3 is 15.2 Å². The number of ether oxygens (including phenoxy) is 2. The third-order valence-corrected chi connectivity index (χ3v) is 3.56. The highest BCUT2D eigenvalue weighted by Gasteiger charge is 2.43. The van der Waals surface area contributed by atoms with Crippen molar-refractivity contribution in [2.24, 2.45) is 11.7 Å². The second-order valence-corrected chi connectivity index (χ2v) is 5.07. The molecule has 0 bridgehead atoms. The lowest BCUT2D eigenvalue weighted by molar-refractivity contribution is -0.140. The van der Waals surface area contributed by atoms with E-state index in [1.54, 1.807) is 12.1 Å². The number of para-hydroxylation sites is 1. The summed E-state index contributed by atoms with van der Waals surface area (Å²) < 4.78 is 10.7. The number of esters is 1. The molecule has 3 atom stereocenters. The maximum atomic E-state index is 12.4. The van der Waals surface area contributed by atoms with Gasteiger partial charge in [0.2, 0.25) is 0 Å². The average Bonchev–Trinajstić information content (AvgIpc) is 3.34. The maximum Gasteiger partial charge on any atom is 0.319 e. The van der Waals surface area contributed by atoms with E-state index in [9.17, 15) is 4.79 Å². The molecule has 0 aromatic heterocycles. The predicted molar refractivity (Wildman–Crippen MR) is 78.7 cm³/mol. The number of carbonyl (C=O) groups is 1. The molecule has 0 radical (unpaired) electrons. The van der Waals surface area contributed by atoms with Gasteiger partial charge in [-0.05, 0) is 17.7 Å². The number of epoxide rings is 1. The molecule has 1 aliphatic rings. The Bertz CT molecular complexity index is 596. The molecule has 1 aliphatic heterocycles. The van der Waals surface area contributed by atoms with Crippen molar-refractivity contribution in [2.75, 3.05) is 6.61 Å². The summed E-state index contributed by atoms with van der Waals surface area (Å²) in [6.07, 6.45) is -0.156. The Morgan fingerprint density at radius 3 is 2.24 bits per heavy atom. The molecule has 0 aliphatic carbocycles. The first-order chi connectivity index (χ1) is 10.3. The minimum Gasteiger partial charge on any atom is -0.426 e. The molecule has 1 heterocycles. The number of hydrogen-bond donors (Lipinski definition) is 1. The molecule has 2 N–H and O–H groups in total. The predicted octanol–water partition coefficient (Wildman–Crippen LogP) is 2.31. The SMILES string of the molecule is NC(c1ccccc1)C(C(=O)Oc1ccccc1)C1CO1. The van der Waals surface area contributed by atoms with Crippen molar-refractivity contribution in [3.63, 3.8) is 0 Å². The molecule has 0 amide bonds. The van der Waals surface area contributed by atoms with Gasteiger partial charge in [0, 0.05) is 6.04 Å². The fraction of sp³-hybridized carbons (Fsp3) is 0.235. The highest BCUT2D eigenvalue weighted by atomic mass is 16.6. The van der Waals surface area contributed by atoms with Crippen LogP contribution in [0.3, 0.4) is 0 Å². The Hall–Kier alpha value is -2.17. The first-order valence-corrected chi connectivity index (χ1v) is 6.94. The number of carbonyl (C=O) groups excluding carboxylic acids is 1. The summed E-state index contributed by atoms with van der Waals surface area (Å²) in [7, 11) is 0. The summed E-state index contributed by atoms with van der Waals surface area (Å²) >= 11 is 0. The number of nitrogens with two attached hydrogens (primary N) is 1. The van der Waals surface area contributed by atoms with Gasteiger partial charge in [-0.2, -0.15) is 0 Å². The molecule has 1 fully saturated rings. The van der Waals surface area contributed by atoms with Crippen LogP contribution in [0.1, 0.15) is 11.6 Å². The van der Waals surface area contributed by atoms with E-state index in [1.165, 1.54) is 0 Å². The van der Waals surface area contributed by atoms with E-state index in [0.717, 1.165) is 5.56 Å². The van der Waals surface area contributed by atoms with Gasteiger partial charge in [0.05, 0.1) is 12.7 Å². The quantitative estimate of drug-likeness (QED) is 0.519. The van der Waals surface area contributed by atoms with Gasteiger partial charge in [0.15, 0.2) is 0 Å². The van der Waals surface area contributed by atoms with Gasteiger partial charge >= 0.3 is 5.97 Å². The second-order valence-electron chi connectivity index (χ2n) is 5.07. The topological polar surface area (TPSA) is 64.9 Å². The Balaban J connectivity index is 1.77. The molecule has 0 spiro atoms. The van der Waals surface area contributed by atoms with E-state index in [1.807, 2.05) is 48.5 Å². The van der Waals surface area contributed by atoms with Crippen LogP contribution in [-0.2, 0) is 9.53 Å². The van der Waals surface area contributed by atoms with Crippen molar-refractivity contribution in [1.29, 1.82) is 0 Å². The zero-order valence-electron chi connectivity index (χ0n) is 11.5. The summed E-state index contributed by atoms with van der Waals surface area (Å²) in [5.74, 6) is -0.318. The molecular weight excluding hydrogens is 266 g/mol. The van der Waals surface area contributed by atoms with E-state index in [0.29, 0.717) is 12.4 Å². The smallest absolute Gasteiger partial charge is 0.319 e. The van der Waals surface area contributed by atoms with Crippen LogP contribution in [0, 0.1) is 5.92 Å². The van der Waals surface area contributed by atoms with Crippen LogP contribution in [0.25, 0.3) is 0 Å². The molecule has 3 rings (SSSR count). The highest BCUT2D eigenvalue weighted by molar-refractivity contribution is 5.77. The Labute approximate surface area is 123 Å². The second kappa shape index (κ2) is 6.08. The Morgan fingerprint density at radius 2 is 1.67 bits per heavy atom. The van der Waals surface area contributed by atoms with Crippen LogP contribution >= 0.6 is 0 Å². The highest BCUT2D eigenvalue weighted by Crippen LogP contribution is 2.32. The van der Waals surface area contributed by atoms with E-state index >= 15 is 0 Å². The molecular formula is C17H17NO3. The van der Waals surface area contributed by atoms with Gasteiger partial charge in [-0.15, -0.1) is 0 Å². The molecule has 3 unspecified atom stereocenters. The van der Waals surface area contributed by atoms with E-state index < -0.39 is 12.0 Å². The van der Waals surface area contributed by atoms with Crippen LogP contribution < -0.4 is 10.5 Å². The summed E-state index contributed by atoms with van der Waals surface area (Å²) in [6.45, 7) is 0.551. The largest absolute Gasteiger partial charge is 0.426 e. The van der Waals surface area contributed by atoms with Crippen LogP contribution in [0.2, 0.25) is 0 Å². The van der Waals surface area contributed by atoms with Gasteiger partial charge in [-0.1, -0.05) is 48.5 Å². The molecule has 4 heteroatoms. The minimum absolute atomic E-state index is 0.156. The lowest BCUT2D eigenvalue weighted by Crippen LogP contribution is -2.35. The third-order valence-electron chi connectivity index (χ3n) is 3.56. The van der Waals surface area contributed by atoms with Crippen LogP contribution in [0.15, 0.2) is 60.7 Å². The molecule has 108 valence electrons. The van der Waals surface area contributed by atoms with Gasteiger partial charge in [0.1, 0.15) is 11.7 Å². The Kier molecular flexibility index (Phi) is 3.99. The van der Waals surface area contributed by atoms with Crippen LogP contribution in [-0.4, -0.2) is 18.7 Å². The van der Waals surface area contributed by atoms with Crippen molar-refractivity contribution in [3.05, 3.63) is 66.2 Å². The maximum absolute atomic E-state index is 12.4. The number of rotatable bonds is 5. The standard InChI is InChI=1S/C17H17NO3/c18-16(12-7-3-1-4-8-12)15(14-11-20-14)17(19)21-13-9-5-2-6-10-13/h1-10,14-16H,11,18H2. The molecule has 21 heavy (non-hydrogen) atoms. The summed E-state index contributed by atoms with van der Waals surface area (Å²) in [5, 5.41) is 0. The lowest BCUT2D eigenvalue weighted by atomic mass is 9.91. The fourth-order valence-corrected chi connectivity index (χ4v) is 2.35. The summed E-state index contributed by atoms with van der Waals surface area (Å²) in [4.78, 5) is 12.4. The monoisotopic (exact) mass is 283 g/mol. The van der Waals surface area contributed by atoms with E-state index in [4.69, 9.17) is 15.2 Å². The zero-order valence-corrected chi connectivity index (χ0v) is 11.5. The molecule has 2 aromatic carbocycles. The van der Waals surface area contributed by atoms with Gasteiger partial charge in [-0.3, -0.25) is 4.79 Å². The van der Waals surface area contributed by atoms with Crippen molar-refractivity contribution < 1.29 is 14.3 Å². The first-order valence-electron chi connectivity index (χ1n) is 6.94. The normalized spacial score (nSPS) is 19.6. The minimum atomic E-state index is -0.493. The van der Waals surface area contributed by atoms with Crippen molar-refractivity contribution in [2.45, 2.75) is 12.1 Å². The van der Waals surface area contributed by atoms with Crippen LogP contribution in [0.5, 0.6) is 5.75 Å². The summed E-state index contributed by atoms with van der Waals surface area (Å²) in [5.41, 5.74) is 7.16. The van der Waals surface area contributed by atoms with Gasteiger partial charge in [0.25, 0.3) is 0 Å². The van der Waals surface area contributed by atoms with Crippen molar-refractivity contribution >= 4 is 5.97 Å². The average molecular weight is 283 g/mol. The van der Waals surface area contributed by atoms with Crippen molar-refractivity contribution in [3.8, 4) is 5.75 Å². The third kappa shape index (κ3) is 3.29. The molecule has 2 aromatic rings.